The lowest BCUT2D eigenvalue weighted by Crippen LogP contribution is -2.50. The van der Waals surface area contributed by atoms with Gasteiger partial charge in [-0.1, -0.05) is 6.07 Å². The van der Waals surface area contributed by atoms with Crippen LogP contribution < -0.4 is 10.2 Å². The molecular formula is C14H22N4O2S. The van der Waals surface area contributed by atoms with Gasteiger partial charge in [-0.05, 0) is 25.0 Å². The van der Waals surface area contributed by atoms with Crippen molar-refractivity contribution < 1.29 is 8.42 Å². The van der Waals surface area contributed by atoms with E-state index in [4.69, 9.17) is 0 Å². The second-order valence-electron chi connectivity index (χ2n) is 5.62. The Labute approximate surface area is 126 Å². The van der Waals surface area contributed by atoms with E-state index >= 15 is 0 Å². The molecule has 7 heteroatoms. The summed E-state index contributed by atoms with van der Waals surface area (Å²) in [5, 5.41) is 3.26. The van der Waals surface area contributed by atoms with Crippen molar-refractivity contribution in [3.8, 4) is 0 Å². The quantitative estimate of drug-likeness (QED) is 0.818. The summed E-state index contributed by atoms with van der Waals surface area (Å²) in [7, 11) is -3.13. The second kappa shape index (κ2) is 6.29. The van der Waals surface area contributed by atoms with E-state index in [2.05, 4.69) is 15.2 Å². The molecular weight excluding hydrogens is 288 g/mol. The standard InChI is InChI=1S/C14H22N4O2S/c19-21(20,12-7-15-13-4-5-13)18-10-8-17(9-11-18)14-3-1-2-6-16-14/h1-3,6,13,15H,4-5,7-12H2. The Morgan fingerprint density at radius 2 is 1.95 bits per heavy atom. The first kappa shape index (κ1) is 14.7. The maximum Gasteiger partial charge on any atom is 0.215 e. The molecule has 2 fully saturated rings. The molecule has 2 heterocycles. The van der Waals surface area contributed by atoms with E-state index in [1.165, 1.54) is 12.8 Å². The van der Waals surface area contributed by atoms with Crippen LogP contribution in [0.15, 0.2) is 24.4 Å². The summed E-state index contributed by atoms with van der Waals surface area (Å²) < 4.78 is 26.2. The molecule has 0 radical (unpaired) electrons. The summed E-state index contributed by atoms with van der Waals surface area (Å²) in [6.07, 6.45) is 4.13. The van der Waals surface area contributed by atoms with Crippen molar-refractivity contribution in [2.24, 2.45) is 0 Å². The Balaban J connectivity index is 1.50. The summed E-state index contributed by atoms with van der Waals surface area (Å²) in [6, 6.07) is 6.36. The van der Waals surface area contributed by atoms with Gasteiger partial charge in [0.15, 0.2) is 0 Å². The molecule has 0 atom stereocenters. The van der Waals surface area contributed by atoms with Crippen LogP contribution in [0.5, 0.6) is 0 Å². The molecule has 116 valence electrons. The summed E-state index contributed by atoms with van der Waals surface area (Å²) >= 11 is 0. The lowest BCUT2D eigenvalue weighted by Gasteiger charge is -2.34. The highest BCUT2D eigenvalue weighted by Crippen LogP contribution is 2.18. The van der Waals surface area contributed by atoms with Gasteiger partial charge in [0.1, 0.15) is 5.82 Å². The van der Waals surface area contributed by atoms with Crippen LogP contribution in [0.4, 0.5) is 5.82 Å². The van der Waals surface area contributed by atoms with Gasteiger partial charge < -0.3 is 10.2 Å². The van der Waals surface area contributed by atoms with Gasteiger partial charge >= 0.3 is 0 Å². The molecule has 1 aromatic heterocycles. The first-order valence-electron chi connectivity index (χ1n) is 7.52. The fourth-order valence-corrected chi connectivity index (χ4v) is 3.90. The lowest BCUT2D eigenvalue weighted by atomic mass is 10.3. The fourth-order valence-electron chi connectivity index (χ4n) is 2.54. The van der Waals surface area contributed by atoms with Crippen molar-refractivity contribution in [1.82, 2.24) is 14.6 Å². The molecule has 0 amide bonds. The van der Waals surface area contributed by atoms with Gasteiger partial charge in [0.05, 0.1) is 5.75 Å². The smallest absolute Gasteiger partial charge is 0.215 e. The molecule has 0 bridgehead atoms. The van der Waals surface area contributed by atoms with E-state index in [9.17, 15) is 8.42 Å². The number of nitrogens with one attached hydrogen (secondary N) is 1. The number of hydrogen-bond donors (Lipinski definition) is 1. The third-order valence-electron chi connectivity index (χ3n) is 3.98. The molecule has 1 aromatic rings. The number of nitrogens with zero attached hydrogens (tertiary/aromatic N) is 3. The van der Waals surface area contributed by atoms with Gasteiger partial charge in [0.2, 0.25) is 10.0 Å². The van der Waals surface area contributed by atoms with Crippen molar-refractivity contribution in [3.63, 3.8) is 0 Å². The van der Waals surface area contributed by atoms with Crippen molar-refractivity contribution in [2.75, 3.05) is 43.4 Å². The molecule has 1 aliphatic carbocycles. The number of hydrogen-bond acceptors (Lipinski definition) is 5. The van der Waals surface area contributed by atoms with Crippen molar-refractivity contribution >= 4 is 15.8 Å². The van der Waals surface area contributed by atoms with Crippen LogP contribution in [0, 0.1) is 0 Å². The zero-order chi connectivity index (χ0) is 14.7. The molecule has 1 aliphatic heterocycles. The summed E-state index contributed by atoms with van der Waals surface area (Å²) in [5.74, 6) is 1.12. The molecule has 1 saturated carbocycles. The minimum atomic E-state index is -3.13. The molecule has 0 aromatic carbocycles. The largest absolute Gasteiger partial charge is 0.354 e. The molecule has 0 unspecified atom stereocenters. The Morgan fingerprint density at radius 1 is 1.19 bits per heavy atom. The van der Waals surface area contributed by atoms with Gasteiger partial charge in [0.25, 0.3) is 0 Å². The van der Waals surface area contributed by atoms with E-state index in [-0.39, 0.29) is 5.75 Å². The minimum Gasteiger partial charge on any atom is -0.354 e. The first-order chi connectivity index (χ1) is 10.1. The molecule has 3 rings (SSSR count). The highest BCUT2D eigenvalue weighted by Gasteiger charge is 2.28. The van der Waals surface area contributed by atoms with Crippen LogP contribution in [-0.4, -0.2) is 62.2 Å². The molecule has 6 nitrogen and oxygen atoms in total. The van der Waals surface area contributed by atoms with Crippen molar-refractivity contribution in [2.45, 2.75) is 18.9 Å². The summed E-state index contributed by atoms with van der Waals surface area (Å²) in [6.45, 7) is 3.05. The zero-order valence-electron chi connectivity index (χ0n) is 12.1. The average Bonchev–Trinajstić information content (AvgIpc) is 3.32. The number of anilines is 1. The highest BCUT2D eigenvalue weighted by molar-refractivity contribution is 7.89. The maximum absolute atomic E-state index is 12.3. The van der Waals surface area contributed by atoms with Gasteiger partial charge in [-0.3, -0.25) is 0 Å². The van der Waals surface area contributed by atoms with E-state index in [1.54, 1.807) is 10.5 Å². The van der Waals surface area contributed by atoms with E-state index in [0.717, 1.165) is 5.82 Å². The minimum absolute atomic E-state index is 0.201. The van der Waals surface area contributed by atoms with Crippen LogP contribution in [0.2, 0.25) is 0 Å². The van der Waals surface area contributed by atoms with Crippen LogP contribution in [0.25, 0.3) is 0 Å². The van der Waals surface area contributed by atoms with E-state index in [1.807, 2.05) is 18.2 Å². The second-order valence-corrected chi connectivity index (χ2v) is 7.71. The van der Waals surface area contributed by atoms with Gasteiger partial charge in [-0.25, -0.2) is 13.4 Å². The molecule has 1 saturated heterocycles. The average molecular weight is 310 g/mol. The number of rotatable bonds is 6. The number of piperazine rings is 1. The predicted molar refractivity (Wildman–Crippen MR) is 82.8 cm³/mol. The third kappa shape index (κ3) is 3.93. The van der Waals surface area contributed by atoms with Crippen LogP contribution in [-0.2, 0) is 10.0 Å². The molecule has 0 spiro atoms. The number of sulfonamides is 1. The van der Waals surface area contributed by atoms with Gasteiger partial charge in [0, 0.05) is 45.0 Å². The summed E-state index contributed by atoms with van der Waals surface area (Å²) in [5.41, 5.74) is 0. The zero-order valence-corrected chi connectivity index (χ0v) is 12.9. The Kier molecular flexibility index (Phi) is 4.42. The van der Waals surface area contributed by atoms with Gasteiger partial charge in [-0.15, -0.1) is 0 Å². The SMILES string of the molecule is O=S(=O)(CCNC1CC1)N1CCN(c2ccccn2)CC1. The Bertz CT molecular complexity index is 552. The molecule has 21 heavy (non-hydrogen) atoms. The Hall–Kier alpha value is -1.18. The van der Waals surface area contributed by atoms with E-state index < -0.39 is 10.0 Å². The van der Waals surface area contributed by atoms with E-state index in [0.29, 0.717) is 38.8 Å². The number of aromatic nitrogens is 1. The van der Waals surface area contributed by atoms with Crippen molar-refractivity contribution in [1.29, 1.82) is 0 Å². The maximum atomic E-state index is 12.3. The molecule has 1 N–H and O–H groups in total. The normalized spacial score (nSPS) is 20.7. The van der Waals surface area contributed by atoms with Crippen LogP contribution in [0.1, 0.15) is 12.8 Å². The third-order valence-corrected chi connectivity index (χ3v) is 5.85. The fraction of sp³-hybridized carbons (Fsp3) is 0.643. The monoisotopic (exact) mass is 310 g/mol. The summed E-state index contributed by atoms with van der Waals surface area (Å²) in [4.78, 5) is 6.45. The van der Waals surface area contributed by atoms with Crippen LogP contribution in [0.3, 0.4) is 0 Å². The van der Waals surface area contributed by atoms with Gasteiger partial charge in [-0.2, -0.15) is 4.31 Å². The van der Waals surface area contributed by atoms with Crippen LogP contribution >= 0.6 is 0 Å². The lowest BCUT2D eigenvalue weighted by molar-refractivity contribution is 0.383. The predicted octanol–water partition coefficient (Wildman–Crippen LogP) is 0.285. The van der Waals surface area contributed by atoms with Crippen molar-refractivity contribution in [3.05, 3.63) is 24.4 Å². The topological polar surface area (TPSA) is 65.5 Å². The first-order valence-corrected chi connectivity index (χ1v) is 9.13. The molecule has 2 aliphatic rings. The number of pyridine rings is 1. The Morgan fingerprint density at radius 3 is 2.57 bits per heavy atom. The highest BCUT2D eigenvalue weighted by atomic mass is 32.2.